The van der Waals surface area contributed by atoms with Crippen LogP contribution in [0.4, 0.5) is 0 Å². The van der Waals surface area contributed by atoms with Crippen LogP contribution in [0.1, 0.15) is 62.5 Å². The second-order valence-corrected chi connectivity index (χ2v) is 13.6. The summed E-state index contributed by atoms with van der Waals surface area (Å²) in [6, 6.07) is 18.5. The second kappa shape index (κ2) is 16.0. The number of hydrogen-bond donors (Lipinski definition) is 4. The Morgan fingerprint density at radius 2 is 1.31 bits per heavy atom. The van der Waals surface area contributed by atoms with Gasteiger partial charge in [-0.2, -0.15) is 0 Å². The van der Waals surface area contributed by atoms with Gasteiger partial charge in [0, 0.05) is 64.8 Å². The highest BCUT2D eigenvalue weighted by molar-refractivity contribution is 6.39. The van der Waals surface area contributed by atoms with Crippen LogP contribution in [0, 0.1) is 0 Å². The predicted molar refractivity (Wildman–Crippen MR) is 192 cm³/mol. The largest absolute Gasteiger partial charge is 0.496 e. The lowest BCUT2D eigenvalue weighted by Gasteiger charge is -2.26. The molecule has 8 nitrogen and oxygen atoms in total. The third kappa shape index (κ3) is 7.96. The monoisotopic (exact) mass is 690 g/mol. The molecule has 2 aromatic carbocycles. The van der Waals surface area contributed by atoms with Crippen LogP contribution in [-0.2, 0) is 13.1 Å². The van der Waals surface area contributed by atoms with Crippen molar-refractivity contribution in [3.63, 3.8) is 0 Å². The van der Waals surface area contributed by atoms with Crippen LogP contribution in [0.15, 0.2) is 60.8 Å². The van der Waals surface area contributed by atoms with Crippen molar-refractivity contribution < 1.29 is 19.7 Å². The van der Waals surface area contributed by atoms with E-state index in [1.165, 1.54) is 0 Å². The molecule has 48 heavy (non-hydrogen) atoms. The van der Waals surface area contributed by atoms with E-state index >= 15 is 0 Å². The van der Waals surface area contributed by atoms with Crippen molar-refractivity contribution in [1.82, 2.24) is 20.6 Å². The maximum Gasteiger partial charge on any atom is 0.218 e. The predicted octanol–water partition coefficient (Wildman–Crippen LogP) is 7.59. The van der Waals surface area contributed by atoms with Crippen molar-refractivity contribution in [2.45, 2.75) is 88.7 Å². The van der Waals surface area contributed by atoms with Crippen molar-refractivity contribution in [2.75, 3.05) is 14.2 Å². The molecule has 2 heterocycles. The summed E-state index contributed by atoms with van der Waals surface area (Å²) >= 11 is 14.2. The smallest absolute Gasteiger partial charge is 0.218 e. The second-order valence-electron chi connectivity index (χ2n) is 12.9. The number of methoxy groups -OCH3 is 2. The molecule has 0 bridgehead atoms. The zero-order chi connectivity index (χ0) is 33.6. The molecule has 0 radical (unpaired) electrons. The van der Waals surface area contributed by atoms with Crippen LogP contribution in [-0.4, -0.2) is 58.7 Å². The topological polar surface area (TPSA) is 109 Å². The quantitative estimate of drug-likeness (QED) is 0.128. The number of ether oxygens (including phenoxy) is 2. The van der Waals surface area contributed by atoms with E-state index in [1.807, 2.05) is 48.5 Å². The Labute approximate surface area is 292 Å². The highest BCUT2D eigenvalue weighted by atomic mass is 35.5. The van der Waals surface area contributed by atoms with Crippen molar-refractivity contribution in [1.29, 1.82) is 0 Å². The summed E-state index contributed by atoms with van der Waals surface area (Å²) in [6.45, 7) is 1.31. The zero-order valence-electron chi connectivity index (χ0n) is 27.5. The number of benzene rings is 2. The molecule has 2 aliphatic carbocycles. The van der Waals surface area contributed by atoms with Gasteiger partial charge in [-0.3, -0.25) is 4.98 Å². The van der Waals surface area contributed by atoms with Gasteiger partial charge in [0.25, 0.3) is 0 Å². The molecule has 4 aromatic rings. The van der Waals surface area contributed by atoms with E-state index in [0.29, 0.717) is 52.5 Å². The Bertz CT molecular complexity index is 1580. The first-order valence-corrected chi connectivity index (χ1v) is 17.6. The lowest BCUT2D eigenvalue weighted by Crippen LogP contribution is -2.34. The molecule has 0 spiro atoms. The molecule has 0 saturated heterocycles. The summed E-state index contributed by atoms with van der Waals surface area (Å²) in [5, 5.41) is 27.9. The van der Waals surface area contributed by atoms with Gasteiger partial charge in [-0.15, -0.1) is 0 Å². The van der Waals surface area contributed by atoms with Gasteiger partial charge in [0.1, 0.15) is 5.75 Å². The van der Waals surface area contributed by atoms with E-state index in [-0.39, 0.29) is 12.2 Å². The number of nitrogens with zero attached hydrogens (tertiary/aromatic N) is 2. The van der Waals surface area contributed by atoms with Crippen molar-refractivity contribution in [3.05, 3.63) is 82.0 Å². The first-order valence-electron chi connectivity index (χ1n) is 16.8. The Kier molecular flexibility index (Phi) is 11.5. The normalized spacial score (nSPS) is 21.2. The van der Waals surface area contributed by atoms with Gasteiger partial charge in [-0.05, 0) is 69.6 Å². The molecule has 10 heteroatoms. The fourth-order valence-corrected chi connectivity index (χ4v) is 7.48. The molecule has 0 amide bonds. The average molecular weight is 692 g/mol. The van der Waals surface area contributed by atoms with Crippen LogP contribution in [0.25, 0.3) is 33.6 Å². The Morgan fingerprint density at radius 1 is 0.708 bits per heavy atom. The fraction of sp³-hybridized carbons (Fsp3) is 0.421. The third-order valence-electron chi connectivity index (χ3n) is 9.70. The lowest BCUT2D eigenvalue weighted by atomic mass is 9.93. The highest BCUT2D eigenvalue weighted by Crippen LogP contribution is 2.42. The number of aromatic nitrogens is 2. The van der Waals surface area contributed by atoms with Gasteiger partial charge < -0.3 is 30.3 Å². The van der Waals surface area contributed by atoms with Crippen LogP contribution in [0.2, 0.25) is 10.0 Å². The zero-order valence-corrected chi connectivity index (χ0v) is 29.0. The van der Waals surface area contributed by atoms with E-state index in [1.54, 1.807) is 20.4 Å². The molecular formula is C38H44Cl2N4O4. The minimum Gasteiger partial charge on any atom is -0.496 e. The molecule has 0 aliphatic heterocycles. The fourth-order valence-electron chi connectivity index (χ4n) is 6.83. The van der Waals surface area contributed by atoms with Gasteiger partial charge in [0.05, 0.1) is 47.9 Å². The Hall–Kier alpha value is -3.24. The van der Waals surface area contributed by atoms with Gasteiger partial charge in [-0.25, -0.2) is 4.98 Å². The molecule has 0 unspecified atom stereocenters. The number of aliphatic hydroxyl groups excluding tert-OH is 2. The Balaban J connectivity index is 1.22. The summed E-state index contributed by atoms with van der Waals surface area (Å²) in [7, 11) is 3.30. The Morgan fingerprint density at radius 3 is 1.96 bits per heavy atom. The first kappa shape index (κ1) is 34.6. The summed E-state index contributed by atoms with van der Waals surface area (Å²) in [6.07, 6.45) is 8.58. The summed E-state index contributed by atoms with van der Waals surface area (Å²) in [5.74, 6) is 1.31. The number of aliphatic hydroxyl groups is 2. The molecule has 4 N–H and O–H groups in total. The molecule has 2 fully saturated rings. The van der Waals surface area contributed by atoms with Gasteiger partial charge in [0.2, 0.25) is 5.88 Å². The summed E-state index contributed by atoms with van der Waals surface area (Å²) in [4.78, 5) is 9.48. The van der Waals surface area contributed by atoms with E-state index in [4.69, 9.17) is 37.7 Å². The molecule has 2 aliphatic rings. The number of rotatable bonds is 11. The number of halogens is 2. The standard InChI is InChI=1S/C38H44Cl2N4O4/c1-47-34-20-23(6-7-24(34)21-42-26-9-13-28(45)14-10-26)37-36(40)31(18-19-41-37)30-4-3-5-32(35(30)39)33-17-8-25(38(44-33)48-2)22-43-27-11-15-29(46)16-12-27/h3-8,17-20,26-29,42-43,45-46H,9-16,21-22H2,1-2H3/t26-,27-,28+,29+. The van der Waals surface area contributed by atoms with Gasteiger partial charge in [-0.1, -0.05) is 59.6 Å². The minimum atomic E-state index is -0.181. The van der Waals surface area contributed by atoms with Crippen LogP contribution >= 0.6 is 23.2 Å². The molecular weight excluding hydrogens is 647 g/mol. The maximum absolute atomic E-state index is 9.83. The number of hydrogen-bond acceptors (Lipinski definition) is 8. The maximum atomic E-state index is 9.83. The van der Waals surface area contributed by atoms with Crippen LogP contribution < -0.4 is 20.1 Å². The average Bonchev–Trinajstić information content (AvgIpc) is 3.11. The minimum absolute atomic E-state index is 0.175. The molecule has 2 aromatic heterocycles. The number of nitrogens with one attached hydrogen (secondary N) is 2. The van der Waals surface area contributed by atoms with Crippen molar-refractivity contribution in [2.24, 2.45) is 0 Å². The van der Waals surface area contributed by atoms with Crippen molar-refractivity contribution in [3.8, 4) is 45.3 Å². The SMILES string of the molecule is COc1cc(-c2nccc(-c3cccc(-c4ccc(CN[C@H]5CC[C@@H](O)CC5)c(OC)n4)c3Cl)c2Cl)ccc1CN[C@H]1CC[C@@H](O)CC1. The summed E-state index contributed by atoms with van der Waals surface area (Å²) < 4.78 is 11.5. The van der Waals surface area contributed by atoms with E-state index in [2.05, 4.69) is 21.7 Å². The molecule has 254 valence electrons. The van der Waals surface area contributed by atoms with E-state index in [9.17, 15) is 10.2 Å². The van der Waals surface area contributed by atoms with E-state index in [0.717, 1.165) is 90.5 Å². The first-order chi connectivity index (χ1) is 23.3. The molecule has 6 rings (SSSR count). The highest BCUT2D eigenvalue weighted by Gasteiger charge is 2.22. The summed E-state index contributed by atoms with van der Waals surface area (Å²) in [5.41, 5.74) is 6.51. The van der Waals surface area contributed by atoms with Crippen LogP contribution in [0.3, 0.4) is 0 Å². The van der Waals surface area contributed by atoms with E-state index < -0.39 is 0 Å². The number of pyridine rings is 2. The molecule has 2 saturated carbocycles. The third-order valence-corrected chi connectivity index (χ3v) is 10.5. The van der Waals surface area contributed by atoms with Crippen molar-refractivity contribution >= 4 is 23.2 Å². The van der Waals surface area contributed by atoms with Gasteiger partial charge in [0.15, 0.2) is 0 Å². The van der Waals surface area contributed by atoms with Crippen LogP contribution in [0.5, 0.6) is 11.6 Å². The lowest BCUT2D eigenvalue weighted by molar-refractivity contribution is 0.116. The van der Waals surface area contributed by atoms with Gasteiger partial charge >= 0.3 is 0 Å². The molecule has 0 atom stereocenters.